The van der Waals surface area contributed by atoms with Crippen molar-refractivity contribution in [2.45, 2.75) is 35.5 Å². The molecule has 3 rings (SSSR count). The Bertz CT molecular complexity index is 638. The topological polar surface area (TPSA) is 3.24 Å². The lowest BCUT2D eigenvalue weighted by Gasteiger charge is -2.33. The average molecular weight is 520 g/mol. The highest BCUT2D eigenvalue weighted by Crippen LogP contribution is 2.49. The van der Waals surface area contributed by atoms with Crippen LogP contribution in [0.4, 0.5) is 11.4 Å². The van der Waals surface area contributed by atoms with Crippen LogP contribution in [-0.2, 0) is 0 Å². The van der Waals surface area contributed by atoms with E-state index in [1.54, 1.807) is 0 Å². The summed E-state index contributed by atoms with van der Waals surface area (Å²) in [6.07, 6.45) is 5.08. The summed E-state index contributed by atoms with van der Waals surface area (Å²) < 4.78 is 2.28. The van der Waals surface area contributed by atoms with Gasteiger partial charge in [0.2, 0.25) is 0 Å². The lowest BCUT2D eigenvalue weighted by Crippen LogP contribution is -2.22. The molecule has 0 N–H and O–H groups in total. The van der Waals surface area contributed by atoms with Crippen molar-refractivity contribution in [2.24, 2.45) is 0 Å². The zero-order chi connectivity index (χ0) is 16.2. The van der Waals surface area contributed by atoms with Crippen LogP contribution in [0.5, 0.6) is 0 Å². The van der Waals surface area contributed by atoms with E-state index in [2.05, 4.69) is 89.1 Å². The third-order valence-electron chi connectivity index (χ3n) is 3.91. The molecule has 0 aromatic heterocycles. The van der Waals surface area contributed by atoms with E-state index in [9.17, 15) is 0 Å². The normalized spacial score (nSPS) is 12.9. The highest BCUT2D eigenvalue weighted by molar-refractivity contribution is 9.10. The summed E-state index contributed by atoms with van der Waals surface area (Å²) in [5.74, 6) is 0. The van der Waals surface area contributed by atoms with Crippen LogP contribution in [-0.4, -0.2) is 11.9 Å². The van der Waals surface area contributed by atoms with Crippen molar-refractivity contribution in [3.8, 4) is 0 Å². The van der Waals surface area contributed by atoms with E-state index >= 15 is 0 Å². The number of hydrogen-bond acceptors (Lipinski definition) is 2. The van der Waals surface area contributed by atoms with Crippen LogP contribution in [0, 0.1) is 0 Å². The lowest BCUT2D eigenvalue weighted by atomic mass is 10.1. The Balaban J connectivity index is 1.85. The van der Waals surface area contributed by atoms with Gasteiger partial charge in [-0.15, -0.1) is 0 Å². The minimum absolute atomic E-state index is 1.08. The maximum absolute atomic E-state index is 3.60. The van der Waals surface area contributed by atoms with Gasteiger partial charge < -0.3 is 4.90 Å². The van der Waals surface area contributed by atoms with Crippen LogP contribution in [0.3, 0.4) is 0 Å². The second kappa shape index (κ2) is 8.41. The quantitative estimate of drug-likeness (QED) is 0.283. The smallest absolute Gasteiger partial charge is 0.0553 e. The Labute approximate surface area is 167 Å². The maximum Gasteiger partial charge on any atom is 0.0553 e. The first kappa shape index (κ1) is 17.8. The van der Waals surface area contributed by atoms with Gasteiger partial charge in [0.25, 0.3) is 0 Å². The lowest BCUT2D eigenvalue weighted by molar-refractivity contribution is 0.670. The molecular formula is C18H18Br3NS. The monoisotopic (exact) mass is 517 g/mol. The van der Waals surface area contributed by atoms with Gasteiger partial charge in [-0.1, -0.05) is 72.4 Å². The van der Waals surface area contributed by atoms with Crippen molar-refractivity contribution in [3.05, 3.63) is 45.3 Å². The molecule has 0 aliphatic carbocycles. The Hall–Kier alpha value is 0.0300. The number of benzene rings is 2. The first-order valence-corrected chi connectivity index (χ1v) is 11.3. The number of fused-ring (bicyclic) bond motifs is 2. The molecule has 0 fully saturated rings. The third kappa shape index (κ3) is 4.36. The van der Waals surface area contributed by atoms with Crippen LogP contribution in [0.1, 0.15) is 25.7 Å². The zero-order valence-corrected chi connectivity index (χ0v) is 18.3. The van der Waals surface area contributed by atoms with E-state index in [4.69, 9.17) is 0 Å². The molecule has 0 amide bonds. The molecule has 1 aliphatic rings. The van der Waals surface area contributed by atoms with Gasteiger partial charge >= 0.3 is 0 Å². The molecule has 0 bridgehead atoms. The van der Waals surface area contributed by atoms with Crippen LogP contribution in [0.2, 0.25) is 0 Å². The molecule has 0 atom stereocenters. The van der Waals surface area contributed by atoms with Gasteiger partial charge in [-0.25, -0.2) is 0 Å². The van der Waals surface area contributed by atoms with Crippen molar-refractivity contribution < 1.29 is 0 Å². The second-order valence-electron chi connectivity index (χ2n) is 5.58. The Kier molecular flexibility index (Phi) is 6.53. The minimum atomic E-state index is 1.08. The van der Waals surface area contributed by atoms with E-state index in [1.165, 1.54) is 46.8 Å². The van der Waals surface area contributed by atoms with Crippen LogP contribution in [0.25, 0.3) is 0 Å². The van der Waals surface area contributed by atoms with Gasteiger partial charge in [-0.05, 0) is 49.2 Å². The molecule has 1 nitrogen and oxygen atoms in total. The zero-order valence-electron chi connectivity index (χ0n) is 12.7. The van der Waals surface area contributed by atoms with Gasteiger partial charge in [0.1, 0.15) is 0 Å². The van der Waals surface area contributed by atoms with E-state index in [0.717, 1.165) is 20.8 Å². The van der Waals surface area contributed by atoms with Crippen molar-refractivity contribution in [3.63, 3.8) is 0 Å². The van der Waals surface area contributed by atoms with E-state index in [0.29, 0.717) is 0 Å². The Morgan fingerprint density at radius 3 is 1.91 bits per heavy atom. The van der Waals surface area contributed by atoms with Crippen LogP contribution >= 0.6 is 59.6 Å². The summed E-state index contributed by atoms with van der Waals surface area (Å²) >= 11 is 12.6. The minimum Gasteiger partial charge on any atom is -0.340 e. The molecule has 1 heterocycles. The molecule has 2 aromatic carbocycles. The molecule has 0 unspecified atom stereocenters. The SMILES string of the molecule is BrCCCCCCN1c2ccc(Br)cc2Sc2cc(Br)ccc21. The highest BCUT2D eigenvalue weighted by Gasteiger charge is 2.23. The van der Waals surface area contributed by atoms with Gasteiger partial charge in [0.15, 0.2) is 0 Å². The fourth-order valence-corrected chi connectivity index (χ4v) is 5.39. The van der Waals surface area contributed by atoms with E-state index < -0.39 is 0 Å². The van der Waals surface area contributed by atoms with Crippen molar-refractivity contribution in [1.29, 1.82) is 0 Å². The van der Waals surface area contributed by atoms with Crippen LogP contribution < -0.4 is 4.90 Å². The number of alkyl halides is 1. The number of anilines is 2. The number of halogens is 3. The molecule has 23 heavy (non-hydrogen) atoms. The molecule has 0 spiro atoms. The molecule has 122 valence electrons. The van der Waals surface area contributed by atoms with Crippen molar-refractivity contribution in [2.75, 3.05) is 16.8 Å². The van der Waals surface area contributed by atoms with Crippen LogP contribution in [0.15, 0.2) is 55.1 Å². The molecule has 1 aliphatic heterocycles. The Morgan fingerprint density at radius 1 is 0.783 bits per heavy atom. The summed E-state index contributed by atoms with van der Waals surface area (Å²) in [5.41, 5.74) is 2.65. The van der Waals surface area contributed by atoms with Gasteiger partial charge in [0.05, 0.1) is 11.4 Å². The number of unbranched alkanes of at least 4 members (excludes halogenated alkanes) is 3. The predicted molar refractivity (Wildman–Crippen MR) is 112 cm³/mol. The molecule has 0 saturated carbocycles. The summed E-state index contributed by atoms with van der Waals surface area (Å²) in [7, 11) is 0. The third-order valence-corrected chi connectivity index (χ3v) is 6.55. The van der Waals surface area contributed by atoms with Crippen molar-refractivity contribution >= 4 is 70.9 Å². The molecule has 0 saturated heterocycles. The maximum atomic E-state index is 3.60. The fraction of sp³-hybridized carbons (Fsp3) is 0.333. The largest absolute Gasteiger partial charge is 0.340 e. The first-order chi connectivity index (χ1) is 11.2. The Morgan fingerprint density at radius 2 is 1.35 bits per heavy atom. The average Bonchev–Trinajstić information content (AvgIpc) is 2.53. The highest BCUT2D eigenvalue weighted by atomic mass is 79.9. The van der Waals surface area contributed by atoms with Crippen molar-refractivity contribution in [1.82, 2.24) is 0 Å². The summed E-state index contributed by atoms with van der Waals surface area (Å²) in [6.45, 7) is 1.08. The predicted octanol–water partition coefficient (Wildman–Crippen LogP) is 7.77. The van der Waals surface area contributed by atoms with E-state index in [-0.39, 0.29) is 0 Å². The van der Waals surface area contributed by atoms with Gasteiger partial charge in [-0.3, -0.25) is 0 Å². The second-order valence-corrected chi connectivity index (χ2v) is 9.29. The number of rotatable bonds is 6. The summed E-state index contributed by atoms with van der Waals surface area (Å²) in [4.78, 5) is 5.13. The molecule has 5 heteroatoms. The molecular weight excluding hydrogens is 502 g/mol. The summed E-state index contributed by atoms with van der Waals surface area (Å²) in [5, 5.41) is 1.11. The van der Waals surface area contributed by atoms with Gasteiger partial charge in [-0.2, -0.15) is 0 Å². The summed E-state index contributed by atoms with van der Waals surface area (Å²) in [6, 6.07) is 13.2. The number of hydrogen-bond donors (Lipinski definition) is 0. The number of nitrogens with zero attached hydrogens (tertiary/aromatic N) is 1. The van der Waals surface area contributed by atoms with E-state index in [1.807, 2.05) is 11.8 Å². The molecule has 2 aromatic rings. The first-order valence-electron chi connectivity index (χ1n) is 7.79. The standard InChI is InChI=1S/C18H18Br3NS/c19-9-3-1-2-4-10-22-15-7-5-13(20)11-17(15)23-18-12-14(21)6-8-16(18)22/h5-8,11-12H,1-4,9-10H2. The fourth-order valence-electron chi connectivity index (χ4n) is 2.79. The van der Waals surface area contributed by atoms with Gasteiger partial charge in [0, 0.05) is 30.6 Å². The molecule has 0 radical (unpaired) electrons.